The quantitative estimate of drug-likeness (QED) is 0.738. The first kappa shape index (κ1) is 12.1. The number of hydrogen-bond acceptors (Lipinski definition) is 6. The SMILES string of the molecule is COC(c1noc([C@H](N)CO)n1)C(C)C. The van der Waals surface area contributed by atoms with Gasteiger partial charge in [-0.2, -0.15) is 4.98 Å². The molecule has 6 heteroatoms. The molecule has 0 saturated heterocycles. The van der Waals surface area contributed by atoms with Crippen LogP contribution in [0.4, 0.5) is 0 Å². The van der Waals surface area contributed by atoms with Crippen LogP contribution in [0.15, 0.2) is 4.52 Å². The summed E-state index contributed by atoms with van der Waals surface area (Å²) < 4.78 is 10.2. The van der Waals surface area contributed by atoms with E-state index in [0.29, 0.717) is 5.82 Å². The van der Waals surface area contributed by atoms with Gasteiger partial charge in [-0.05, 0) is 5.92 Å². The predicted octanol–water partition coefficient (Wildman–Crippen LogP) is 0.405. The van der Waals surface area contributed by atoms with Crippen LogP contribution in [-0.2, 0) is 4.74 Å². The molecule has 0 bridgehead atoms. The topological polar surface area (TPSA) is 94.4 Å². The molecule has 1 rings (SSSR count). The summed E-state index contributed by atoms with van der Waals surface area (Å²) in [6, 6.07) is -0.629. The van der Waals surface area contributed by atoms with E-state index in [1.807, 2.05) is 13.8 Å². The molecule has 1 aromatic heterocycles. The number of nitrogens with two attached hydrogens (primary N) is 1. The van der Waals surface area contributed by atoms with Crippen LogP contribution in [0, 0.1) is 5.92 Å². The van der Waals surface area contributed by atoms with Crippen LogP contribution in [0.5, 0.6) is 0 Å². The first-order chi connectivity index (χ1) is 7.10. The van der Waals surface area contributed by atoms with Crippen LogP contribution in [0.3, 0.4) is 0 Å². The van der Waals surface area contributed by atoms with Crippen molar-refractivity contribution in [3.8, 4) is 0 Å². The third kappa shape index (κ3) is 2.74. The van der Waals surface area contributed by atoms with E-state index in [2.05, 4.69) is 10.1 Å². The molecule has 0 aliphatic rings. The first-order valence-electron chi connectivity index (χ1n) is 4.82. The normalized spacial score (nSPS) is 15.6. The van der Waals surface area contributed by atoms with Crippen molar-refractivity contribution in [1.82, 2.24) is 10.1 Å². The van der Waals surface area contributed by atoms with Crippen LogP contribution in [-0.4, -0.2) is 29.0 Å². The monoisotopic (exact) mass is 215 g/mol. The van der Waals surface area contributed by atoms with Gasteiger partial charge in [-0.1, -0.05) is 19.0 Å². The standard InChI is InChI=1S/C9H17N3O3/c1-5(2)7(14-3)8-11-9(15-12-8)6(10)4-13/h5-7,13H,4,10H2,1-3H3/t6-,7?/m1/s1. The molecule has 15 heavy (non-hydrogen) atoms. The van der Waals surface area contributed by atoms with Gasteiger partial charge in [0.05, 0.1) is 6.61 Å². The molecule has 0 aromatic carbocycles. The molecule has 0 aliphatic heterocycles. The average Bonchev–Trinajstić information content (AvgIpc) is 2.66. The van der Waals surface area contributed by atoms with Crippen LogP contribution in [0.1, 0.15) is 37.7 Å². The lowest BCUT2D eigenvalue weighted by molar-refractivity contribution is 0.0555. The lowest BCUT2D eigenvalue weighted by Crippen LogP contribution is -2.15. The van der Waals surface area contributed by atoms with Crippen molar-refractivity contribution in [1.29, 1.82) is 0 Å². The number of hydrogen-bond donors (Lipinski definition) is 2. The summed E-state index contributed by atoms with van der Waals surface area (Å²) in [5.41, 5.74) is 5.54. The zero-order chi connectivity index (χ0) is 11.4. The third-order valence-electron chi connectivity index (χ3n) is 2.09. The molecule has 0 fully saturated rings. The van der Waals surface area contributed by atoms with Crippen LogP contribution < -0.4 is 5.73 Å². The Bertz CT molecular complexity index is 301. The summed E-state index contributed by atoms with van der Waals surface area (Å²) in [7, 11) is 1.59. The molecule has 0 amide bonds. The Hall–Kier alpha value is -0.980. The van der Waals surface area contributed by atoms with Gasteiger partial charge in [-0.15, -0.1) is 0 Å². The number of nitrogens with zero attached hydrogens (tertiary/aromatic N) is 2. The molecule has 0 radical (unpaired) electrons. The Morgan fingerprint density at radius 3 is 2.67 bits per heavy atom. The smallest absolute Gasteiger partial charge is 0.246 e. The molecular weight excluding hydrogens is 198 g/mol. The van der Waals surface area contributed by atoms with Crippen molar-refractivity contribution in [2.24, 2.45) is 11.7 Å². The number of methoxy groups -OCH3 is 1. The zero-order valence-corrected chi connectivity index (χ0v) is 9.17. The third-order valence-corrected chi connectivity index (χ3v) is 2.09. The maximum absolute atomic E-state index is 8.82. The highest BCUT2D eigenvalue weighted by atomic mass is 16.5. The van der Waals surface area contributed by atoms with Crippen LogP contribution >= 0.6 is 0 Å². The van der Waals surface area contributed by atoms with Crippen molar-refractivity contribution < 1.29 is 14.4 Å². The molecule has 1 aromatic rings. The largest absolute Gasteiger partial charge is 0.394 e. The number of ether oxygens (including phenoxy) is 1. The highest BCUT2D eigenvalue weighted by Crippen LogP contribution is 2.23. The van der Waals surface area contributed by atoms with Gasteiger partial charge in [-0.25, -0.2) is 0 Å². The summed E-state index contributed by atoms with van der Waals surface area (Å²) >= 11 is 0. The van der Waals surface area contributed by atoms with E-state index in [1.165, 1.54) is 0 Å². The van der Waals surface area contributed by atoms with E-state index < -0.39 is 6.04 Å². The Balaban J connectivity index is 2.82. The van der Waals surface area contributed by atoms with E-state index in [1.54, 1.807) is 7.11 Å². The fourth-order valence-electron chi connectivity index (χ4n) is 1.27. The van der Waals surface area contributed by atoms with Crippen molar-refractivity contribution in [2.75, 3.05) is 13.7 Å². The molecule has 0 saturated carbocycles. The second kappa shape index (κ2) is 5.20. The Labute approximate surface area is 88.4 Å². The Kier molecular flexibility index (Phi) is 4.19. The molecule has 86 valence electrons. The maximum Gasteiger partial charge on any atom is 0.246 e. The van der Waals surface area contributed by atoms with Crippen molar-refractivity contribution >= 4 is 0 Å². The second-order valence-corrected chi connectivity index (χ2v) is 3.68. The van der Waals surface area contributed by atoms with Gasteiger partial charge in [0, 0.05) is 7.11 Å². The minimum absolute atomic E-state index is 0.214. The number of rotatable bonds is 5. The van der Waals surface area contributed by atoms with Crippen molar-refractivity contribution in [2.45, 2.75) is 26.0 Å². The van der Waals surface area contributed by atoms with E-state index in [0.717, 1.165) is 0 Å². The summed E-state index contributed by atoms with van der Waals surface area (Å²) in [4.78, 5) is 4.09. The van der Waals surface area contributed by atoms with E-state index in [9.17, 15) is 0 Å². The predicted molar refractivity (Wildman–Crippen MR) is 52.9 cm³/mol. The summed E-state index contributed by atoms with van der Waals surface area (Å²) in [6.45, 7) is 3.77. The van der Waals surface area contributed by atoms with E-state index in [4.69, 9.17) is 20.1 Å². The van der Waals surface area contributed by atoms with Gasteiger partial charge < -0.3 is 20.1 Å². The summed E-state index contributed by atoms with van der Waals surface area (Å²) in [5.74, 6) is 0.937. The molecular formula is C9H17N3O3. The van der Waals surface area contributed by atoms with E-state index in [-0.39, 0.29) is 24.5 Å². The van der Waals surface area contributed by atoms with Gasteiger partial charge in [0.2, 0.25) is 11.7 Å². The van der Waals surface area contributed by atoms with Crippen molar-refractivity contribution in [3.05, 3.63) is 11.7 Å². The zero-order valence-electron chi connectivity index (χ0n) is 9.17. The van der Waals surface area contributed by atoms with Gasteiger partial charge in [0.15, 0.2) is 0 Å². The van der Waals surface area contributed by atoms with Gasteiger partial charge in [0.1, 0.15) is 12.1 Å². The minimum atomic E-state index is -0.629. The van der Waals surface area contributed by atoms with Crippen molar-refractivity contribution in [3.63, 3.8) is 0 Å². The lowest BCUT2D eigenvalue weighted by atomic mass is 10.1. The van der Waals surface area contributed by atoms with Gasteiger partial charge in [0.25, 0.3) is 0 Å². The Morgan fingerprint density at radius 1 is 1.53 bits per heavy atom. The molecule has 1 unspecified atom stereocenters. The maximum atomic E-state index is 8.82. The summed E-state index contributed by atoms with van der Waals surface area (Å²) in [5, 5.41) is 12.6. The molecule has 0 aliphatic carbocycles. The average molecular weight is 215 g/mol. The van der Waals surface area contributed by atoms with Gasteiger partial charge >= 0.3 is 0 Å². The molecule has 1 heterocycles. The molecule has 6 nitrogen and oxygen atoms in total. The fourth-order valence-corrected chi connectivity index (χ4v) is 1.27. The first-order valence-corrected chi connectivity index (χ1v) is 4.82. The molecule has 2 atom stereocenters. The van der Waals surface area contributed by atoms with Crippen LogP contribution in [0.2, 0.25) is 0 Å². The van der Waals surface area contributed by atoms with Gasteiger partial charge in [-0.3, -0.25) is 0 Å². The van der Waals surface area contributed by atoms with Crippen LogP contribution in [0.25, 0.3) is 0 Å². The summed E-state index contributed by atoms with van der Waals surface area (Å²) in [6.07, 6.45) is -0.214. The van der Waals surface area contributed by atoms with E-state index >= 15 is 0 Å². The Morgan fingerprint density at radius 2 is 2.20 bits per heavy atom. The number of aliphatic hydroxyl groups is 1. The second-order valence-electron chi connectivity index (χ2n) is 3.68. The lowest BCUT2D eigenvalue weighted by Gasteiger charge is -2.14. The highest BCUT2D eigenvalue weighted by molar-refractivity contribution is 4.95. The number of aliphatic hydroxyl groups excluding tert-OH is 1. The minimum Gasteiger partial charge on any atom is -0.394 e. The molecule has 3 N–H and O–H groups in total. The number of aromatic nitrogens is 2. The molecule has 0 spiro atoms. The highest BCUT2D eigenvalue weighted by Gasteiger charge is 2.22. The fraction of sp³-hybridized carbons (Fsp3) is 0.778.